The lowest BCUT2D eigenvalue weighted by Crippen LogP contribution is -2.33. The molecular formula is C25H24N2O7S. The van der Waals surface area contributed by atoms with Crippen LogP contribution in [0, 0.1) is 6.92 Å². The van der Waals surface area contributed by atoms with Crippen molar-refractivity contribution in [2.45, 2.75) is 18.4 Å². The third-order valence-electron chi connectivity index (χ3n) is 5.09. The fraction of sp³-hybridized carbons (Fsp3) is 0.160. The Morgan fingerprint density at radius 2 is 1.83 bits per heavy atom. The highest BCUT2D eigenvalue weighted by molar-refractivity contribution is 7.92. The number of pyridine rings is 1. The van der Waals surface area contributed by atoms with E-state index >= 15 is 0 Å². The molecule has 0 aliphatic carbocycles. The summed E-state index contributed by atoms with van der Waals surface area (Å²) in [6, 6.07) is 12.3. The molecule has 182 valence electrons. The van der Waals surface area contributed by atoms with Gasteiger partial charge in [-0.25, -0.2) is 18.0 Å². The van der Waals surface area contributed by atoms with Crippen LogP contribution in [0.1, 0.15) is 27.0 Å². The first-order chi connectivity index (χ1) is 16.7. The van der Waals surface area contributed by atoms with E-state index in [1.165, 1.54) is 56.8 Å². The molecule has 0 atom stereocenters. The fourth-order valence-corrected chi connectivity index (χ4v) is 5.02. The molecule has 1 N–H and O–H groups in total. The van der Waals surface area contributed by atoms with Crippen LogP contribution in [-0.4, -0.2) is 44.7 Å². The summed E-state index contributed by atoms with van der Waals surface area (Å²) in [5.74, 6) is -1.44. The monoisotopic (exact) mass is 496 g/mol. The molecule has 0 saturated carbocycles. The normalized spacial score (nSPS) is 11.3. The van der Waals surface area contributed by atoms with Crippen LogP contribution >= 0.6 is 0 Å². The van der Waals surface area contributed by atoms with Gasteiger partial charge in [-0.05, 0) is 72.2 Å². The number of hydrogen-bond donors (Lipinski definition) is 1. The number of rotatable bonds is 9. The molecule has 0 radical (unpaired) electrons. The number of anilines is 1. The summed E-state index contributed by atoms with van der Waals surface area (Å²) in [5, 5.41) is 8.96. The molecule has 2 aromatic carbocycles. The average molecular weight is 497 g/mol. The fourth-order valence-electron chi connectivity index (χ4n) is 3.48. The second kappa shape index (κ2) is 10.8. The van der Waals surface area contributed by atoms with Crippen LogP contribution in [0.4, 0.5) is 5.69 Å². The van der Waals surface area contributed by atoms with Crippen LogP contribution in [0.15, 0.2) is 71.9 Å². The first kappa shape index (κ1) is 25.4. The van der Waals surface area contributed by atoms with Crippen LogP contribution in [0.25, 0.3) is 6.08 Å². The van der Waals surface area contributed by atoms with Crippen molar-refractivity contribution in [2.24, 2.45) is 0 Å². The number of aliphatic carboxylic acids is 1. The number of hydrogen-bond acceptors (Lipinski definition) is 7. The van der Waals surface area contributed by atoms with Crippen LogP contribution in [-0.2, 0) is 26.1 Å². The Balaban J connectivity index is 2.26. The Bertz CT molecular complexity index is 1350. The van der Waals surface area contributed by atoms with Gasteiger partial charge in [-0.2, -0.15) is 0 Å². The van der Waals surface area contributed by atoms with Gasteiger partial charge in [0, 0.05) is 18.5 Å². The summed E-state index contributed by atoms with van der Waals surface area (Å²) < 4.78 is 38.9. The van der Waals surface area contributed by atoms with E-state index in [1.54, 1.807) is 31.3 Å². The smallest absolute Gasteiger partial charge is 0.340 e. The number of carboxylic acid groups (broad SMARTS) is 1. The highest BCUT2D eigenvalue weighted by Gasteiger charge is 2.31. The first-order valence-corrected chi connectivity index (χ1v) is 11.8. The molecule has 1 heterocycles. The van der Waals surface area contributed by atoms with Gasteiger partial charge in [0.2, 0.25) is 0 Å². The number of aryl methyl sites for hydroxylation is 1. The number of esters is 1. The summed E-state index contributed by atoms with van der Waals surface area (Å²) in [4.78, 5) is 27.8. The summed E-state index contributed by atoms with van der Waals surface area (Å²) in [6.45, 7) is 1.52. The van der Waals surface area contributed by atoms with E-state index in [4.69, 9.17) is 14.6 Å². The van der Waals surface area contributed by atoms with E-state index < -0.39 is 22.0 Å². The molecule has 0 fully saturated rings. The van der Waals surface area contributed by atoms with Gasteiger partial charge in [-0.3, -0.25) is 9.29 Å². The molecule has 0 bridgehead atoms. The van der Waals surface area contributed by atoms with E-state index in [2.05, 4.69) is 4.98 Å². The minimum Gasteiger partial charge on any atom is -0.497 e. The Morgan fingerprint density at radius 3 is 2.40 bits per heavy atom. The van der Waals surface area contributed by atoms with Crippen molar-refractivity contribution >= 4 is 33.7 Å². The van der Waals surface area contributed by atoms with Crippen LogP contribution in [0.2, 0.25) is 0 Å². The largest absolute Gasteiger partial charge is 0.497 e. The molecule has 0 spiro atoms. The number of carbonyl (C=O) groups excluding carboxylic acids is 1. The molecule has 3 aromatic rings. The lowest BCUT2D eigenvalue weighted by molar-refractivity contribution is -0.131. The van der Waals surface area contributed by atoms with Gasteiger partial charge < -0.3 is 14.6 Å². The number of benzene rings is 2. The molecule has 0 aliphatic rings. The van der Waals surface area contributed by atoms with Gasteiger partial charge in [0.05, 0.1) is 36.9 Å². The van der Waals surface area contributed by atoms with Gasteiger partial charge >= 0.3 is 11.9 Å². The summed E-state index contributed by atoms with van der Waals surface area (Å²) in [6.07, 6.45) is 5.35. The summed E-state index contributed by atoms with van der Waals surface area (Å²) in [7, 11) is -1.51. The standard InChI is InChI=1S/C25H24N2O7S/c1-17-13-18(6-11-23(28)29)14-22(25(30)34-3)24(17)27(16-19-5-4-12-26-15-19)35(31,32)21-9-7-20(33-2)8-10-21/h4-15H,16H2,1-3H3,(H,28,29)/b11-6+. The van der Waals surface area contributed by atoms with Gasteiger partial charge in [-0.1, -0.05) is 6.07 Å². The molecule has 10 heteroatoms. The van der Waals surface area contributed by atoms with E-state index in [0.29, 0.717) is 22.4 Å². The molecule has 0 aliphatic heterocycles. The number of sulfonamides is 1. The summed E-state index contributed by atoms with van der Waals surface area (Å²) >= 11 is 0. The Hall–Kier alpha value is -4.18. The van der Waals surface area contributed by atoms with Crippen molar-refractivity contribution < 1.29 is 32.6 Å². The average Bonchev–Trinajstić information content (AvgIpc) is 2.86. The number of ether oxygens (including phenoxy) is 2. The number of carbonyl (C=O) groups is 2. The van der Waals surface area contributed by atoms with Crippen molar-refractivity contribution in [1.29, 1.82) is 0 Å². The minimum absolute atomic E-state index is 0.00717. The molecule has 3 rings (SSSR count). The maximum Gasteiger partial charge on any atom is 0.340 e. The number of nitrogens with zero attached hydrogens (tertiary/aromatic N) is 2. The molecule has 35 heavy (non-hydrogen) atoms. The second-order valence-electron chi connectivity index (χ2n) is 7.45. The number of carboxylic acids is 1. The zero-order valence-corrected chi connectivity index (χ0v) is 20.2. The Labute approximate surface area is 203 Å². The maximum absolute atomic E-state index is 13.9. The SMILES string of the molecule is COC(=O)c1cc(/C=C/C(=O)O)cc(C)c1N(Cc1cccnc1)S(=O)(=O)c1ccc(OC)cc1. The quantitative estimate of drug-likeness (QED) is 0.352. The molecule has 0 unspecified atom stereocenters. The Morgan fingerprint density at radius 1 is 1.11 bits per heavy atom. The minimum atomic E-state index is -4.17. The van der Waals surface area contributed by atoms with E-state index in [9.17, 15) is 18.0 Å². The van der Waals surface area contributed by atoms with Gasteiger partial charge in [0.25, 0.3) is 10.0 Å². The zero-order chi connectivity index (χ0) is 25.6. The van der Waals surface area contributed by atoms with Gasteiger partial charge in [0.1, 0.15) is 5.75 Å². The maximum atomic E-state index is 13.9. The highest BCUT2D eigenvalue weighted by Crippen LogP contribution is 2.34. The van der Waals surface area contributed by atoms with Crippen molar-refractivity contribution in [3.8, 4) is 5.75 Å². The van der Waals surface area contributed by atoms with E-state index in [1.807, 2.05) is 0 Å². The van der Waals surface area contributed by atoms with Crippen molar-refractivity contribution in [1.82, 2.24) is 4.98 Å². The van der Waals surface area contributed by atoms with Crippen LogP contribution in [0.5, 0.6) is 5.75 Å². The topological polar surface area (TPSA) is 123 Å². The third kappa shape index (κ3) is 5.85. The molecule has 0 saturated heterocycles. The van der Waals surface area contributed by atoms with Crippen LogP contribution < -0.4 is 9.04 Å². The zero-order valence-electron chi connectivity index (χ0n) is 19.3. The predicted octanol–water partition coefficient (Wildman–Crippen LogP) is 3.68. The molecule has 9 nitrogen and oxygen atoms in total. The van der Waals surface area contributed by atoms with Crippen molar-refractivity contribution in [2.75, 3.05) is 18.5 Å². The van der Waals surface area contributed by atoms with E-state index in [-0.39, 0.29) is 22.7 Å². The highest BCUT2D eigenvalue weighted by atomic mass is 32.2. The van der Waals surface area contributed by atoms with Crippen LogP contribution in [0.3, 0.4) is 0 Å². The van der Waals surface area contributed by atoms with Crippen molar-refractivity contribution in [3.05, 3.63) is 89.3 Å². The second-order valence-corrected chi connectivity index (χ2v) is 9.31. The summed E-state index contributed by atoms with van der Waals surface area (Å²) in [5.41, 5.74) is 1.51. The number of methoxy groups -OCH3 is 2. The third-order valence-corrected chi connectivity index (χ3v) is 6.85. The lowest BCUT2D eigenvalue weighted by atomic mass is 10.0. The number of aromatic nitrogens is 1. The molecule has 0 amide bonds. The lowest BCUT2D eigenvalue weighted by Gasteiger charge is -2.28. The first-order valence-electron chi connectivity index (χ1n) is 10.4. The van der Waals surface area contributed by atoms with Gasteiger partial charge in [-0.15, -0.1) is 0 Å². The predicted molar refractivity (Wildman–Crippen MR) is 130 cm³/mol. The van der Waals surface area contributed by atoms with Crippen molar-refractivity contribution in [3.63, 3.8) is 0 Å². The Kier molecular flexibility index (Phi) is 7.87. The van der Waals surface area contributed by atoms with Gasteiger partial charge in [0.15, 0.2) is 0 Å². The molecular weight excluding hydrogens is 472 g/mol. The van der Waals surface area contributed by atoms with E-state index in [0.717, 1.165) is 10.4 Å². The molecule has 1 aromatic heterocycles.